The molecular weight excluding hydrogens is 347 g/mol. The fourth-order valence-corrected chi connectivity index (χ4v) is 3.30. The predicted octanol–water partition coefficient (Wildman–Crippen LogP) is 3.06. The van der Waals surface area contributed by atoms with Crippen molar-refractivity contribution in [2.45, 2.75) is 23.0 Å². The molecule has 0 unspecified atom stereocenters. The van der Waals surface area contributed by atoms with Crippen molar-refractivity contribution < 1.29 is 26.9 Å². The molecule has 1 atom stereocenters. The van der Waals surface area contributed by atoms with Crippen LogP contribution in [0.25, 0.3) is 0 Å². The fourth-order valence-electron chi connectivity index (χ4n) is 1.91. The van der Waals surface area contributed by atoms with Gasteiger partial charge in [-0.05, 0) is 31.2 Å². The molecule has 2 rings (SSSR count). The number of ether oxygens (including phenoxy) is 1. The quantitative estimate of drug-likeness (QED) is 0.850. The van der Waals surface area contributed by atoms with Gasteiger partial charge < -0.3 is 4.74 Å². The number of nitrogens with zero attached hydrogens (tertiary/aromatic N) is 2. The van der Waals surface area contributed by atoms with Crippen molar-refractivity contribution >= 4 is 15.7 Å². The molecule has 1 N–H and O–H groups in total. The van der Waals surface area contributed by atoms with E-state index in [4.69, 9.17) is 4.78 Å². The Balaban J connectivity index is 2.67. The number of aryl methyl sites for hydroxylation is 1. The second-order valence-corrected chi connectivity index (χ2v) is 6.75. The number of rotatable bonds is 3. The van der Waals surface area contributed by atoms with Crippen molar-refractivity contribution in [3.63, 3.8) is 0 Å². The summed E-state index contributed by atoms with van der Waals surface area (Å²) in [6.07, 6.45) is -4.66. The monoisotopic (exact) mass is 359 g/mol. The highest BCUT2D eigenvalue weighted by Gasteiger charge is 2.32. The minimum Gasteiger partial charge on any atom is -0.465 e. The van der Waals surface area contributed by atoms with Crippen LogP contribution < -0.4 is 0 Å². The third-order valence-corrected chi connectivity index (χ3v) is 4.82. The van der Waals surface area contributed by atoms with Crippen LogP contribution in [-0.4, -0.2) is 27.5 Å². The number of aromatic nitrogens is 2. The van der Waals surface area contributed by atoms with Crippen molar-refractivity contribution in [1.82, 2.24) is 10.2 Å². The second kappa shape index (κ2) is 6.19. The number of methoxy groups -OCH3 is 1. The molecule has 0 bridgehead atoms. The summed E-state index contributed by atoms with van der Waals surface area (Å²) in [5.74, 6) is -0.907. The normalized spacial score (nSPS) is 14.0. The smallest absolute Gasteiger partial charge is 0.416 e. The first-order chi connectivity index (χ1) is 11.1. The first kappa shape index (κ1) is 17.9. The summed E-state index contributed by atoms with van der Waals surface area (Å²) in [4.78, 5) is 11.4. The van der Waals surface area contributed by atoms with Crippen LogP contribution in [0.5, 0.6) is 0 Å². The van der Waals surface area contributed by atoms with Crippen LogP contribution in [-0.2, 0) is 20.6 Å². The molecule has 0 aliphatic rings. The molecule has 1 aromatic heterocycles. The lowest BCUT2D eigenvalue weighted by molar-refractivity contribution is -0.137. The van der Waals surface area contributed by atoms with Gasteiger partial charge >= 0.3 is 12.1 Å². The van der Waals surface area contributed by atoms with Gasteiger partial charge in [-0.3, -0.25) is 0 Å². The van der Waals surface area contributed by atoms with E-state index in [0.717, 1.165) is 25.3 Å². The Hall–Kier alpha value is -2.49. The topological polar surface area (TPSA) is 93.0 Å². The average Bonchev–Trinajstić information content (AvgIpc) is 2.53. The molecule has 10 heteroatoms. The molecule has 0 spiro atoms. The lowest BCUT2D eigenvalue weighted by atomic mass is 10.2. The number of carbonyl (C=O) groups excluding carboxylic acids is 1. The highest BCUT2D eigenvalue weighted by atomic mass is 32.2. The van der Waals surface area contributed by atoms with Crippen molar-refractivity contribution in [3.05, 3.63) is 47.2 Å². The Bertz CT molecular complexity index is 896. The van der Waals surface area contributed by atoms with Gasteiger partial charge in [0.05, 0.1) is 28.8 Å². The molecule has 0 radical (unpaired) electrons. The number of esters is 1. The minimum absolute atomic E-state index is 0.276. The number of halogens is 3. The Kier molecular flexibility index (Phi) is 4.61. The van der Waals surface area contributed by atoms with E-state index < -0.39 is 37.4 Å². The van der Waals surface area contributed by atoms with E-state index in [9.17, 15) is 22.2 Å². The van der Waals surface area contributed by atoms with E-state index in [1.54, 1.807) is 0 Å². The maximum absolute atomic E-state index is 12.8. The number of carbonyl (C=O) groups is 1. The van der Waals surface area contributed by atoms with Crippen molar-refractivity contribution in [2.75, 3.05) is 7.11 Å². The van der Waals surface area contributed by atoms with Crippen LogP contribution in [0.4, 0.5) is 13.2 Å². The molecule has 2 aromatic rings. The Morgan fingerprint density at radius 2 is 1.92 bits per heavy atom. The highest BCUT2D eigenvalue weighted by Crippen LogP contribution is 2.32. The average molecular weight is 359 g/mol. The summed E-state index contributed by atoms with van der Waals surface area (Å²) in [5, 5.41) is 6.69. The first-order valence-corrected chi connectivity index (χ1v) is 8.02. The Morgan fingerprint density at radius 3 is 2.50 bits per heavy atom. The molecule has 0 aliphatic carbocycles. The van der Waals surface area contributed by atoms with Crippen LogP contribution in [0, 0.1) is 11.7 Å². The van der Waals surface area contributed by atoms with Gasteiger partial charge in [-0.1, -0.05) is 6.07 Å². The maximum atomic E-state index is 12.8. The van der Waals surface area contributed by atoms with E-state index >= 15 is 0 Å². The summed E-state index contributed by atoms with van der Waals surface area (Å²) >= 11 is 0. The zero-order valence-electron chi connectivity index (χ0n) is 12.5. The second-order valence-electron chi connectivity index (χ2n) is 4.78. The van der Waals surface area contributed by atoms with E-state index in [0.29, 0.717) is 11.8 Å². The van der Waals surface area contributed by atoms with Gasteiger partial charge in [-0.25, -0.2) is 13.8 Å². The van der Waals surface area contributed by atoms with Crippen LogP contribution in [0.15, 0.2) is 40.3 Å². The highest BCUT2D eigenvalue weighted by molar-refractivity contribution is 7.92. The number of hydrogen-bond donors (Lipinski definition) is 1. The molecule has 0 amide bonds. The van der Waals surface area contributed by atoms with E-state index in [1.807, 2.05) is 0 Å². The minimum atomic E-state index is -4.66. The van der Waals surface area contributed by atoms with Crippen LogP contribution in [0.1, 0.15) is 21.6 Å². The van der Waals surface area contributed by atoms with Gasteiger partial charge in [0.25, 0.3) is 0 Å². The molecule has 128 valence electrons. The molecule has 1 aromatic carbocycles. The molecule has 1 heterocycles. The predicted molar refractivity (Wildman–Crippen MR) is 76.9 cm³/mol. The summed E-state index contributed by atoms with van der Waals surface area (Å²) in [6, 6.07) is 4.74. The summed E-state index contributed by atoms with van der Waals surface area (Å²) < 4.78 is 63.8. The van der Waals surface area contributed by atoms with Crippen molar-refractivity contribution in [3.8, 4) is 0 Å². The van der Waals surface area contributed by atoms with Crippen molar-refractivity contribution in [1.29, 1.82) is 4.78 Å². The number of nitrogens with one attached hydrogen (secondary N) is 1. The van der Waals surface area contributed by atoms with Crippen LogP contribution in [0.3, 0.4) is 0 Å². The van der Waals surface area contributed by atoms with Gasteiger partial charge in [-0.2, -0.15) is 18.3 Å². The SMILES string of the molecule is COC(=O)c1cc(C)nnc1[S@@](=N)(=O)c1cccc(C(F)(F)F)c1. The third-order valence-electron chi connectivity index (χ3n) is 3.05. The van der Waals surface area contributed by atoms with Crippen LogP contribution >= 0.6 is 0 Å². The molecule has 6 nitrogen and oxygen atoms in total. The Labute approximate surface area is 135 Å². The molecule has 24 heavy (non-hydrogen) atoms. The maximum Gasteiger partial charge on any atom is 0.416 e. The fraction of sp³-hybridized carbons (Fsp3) is 0.214. The van der Waals surface area contributed by atoms with Gasteiger partial charge in [0.2, 0.25) is 0 Å². The van der Waals surface area contributed by atoms with Gasteiger partial charge in [0.15, 0.2) is 5.03 Å². The van der Waals surface area contributed by atoms with Crippen molar-refractivity contribution in [2.24, 2.45) is 0 Å². The van der Waals surface area contributed by atoms with Gasteiger partial charge in [0.1, 0.15) is 9.73 Å². The molecule has 0 fully saturated rings. The van der Waals surface area contributed by atoms with Crippen LogP contribution in [0.2, 0.25) is 0 Å². The third kappa shape index (κ3) is 3.37. The molecule has 0 saturated heterocycles. The molecule has 0 saturated carbocycles. The molecular formula is C14H12F3N3O3S. The zero-order chi connectivity index (χ0) is 18.1. The summed E-state index contributed by atoms with van der Waals surface area (Å²) in [5.41, 5.74) is -1.03. The standard InChI is InChI=1S/C14H12F3N3O3S/c1-8-6-11(13(21)23-2)12(20-19-8)24(18,22)10-5-3-4-9(7-10)14(15,16)17/h3-7,18H,1-2H3/t24-/m0/s1. The summed E-state index contributed by atoms with van der Waals surface area (Å²) in [6.45, 7) is 1.51. The summed E-state index contributed by atoms with van der Waals surface area (Å²) in [7, 11) is -2.92. The number of hydrogen-bond acceptors (Lipinski definition) is 6. The van der Waals surface area contributed by atoms with E-state index in [1.165, 1.54) is 13.0 Å². The van der Waals surface area contributed by atoms with Gasteiger partial charge in [-0.15, -0.1) is 5.10 Å². The largest absolute Gasteiger partial charge is 0.465 e. The van der Waals surface area contributed by atoms with E-state index in [2.05, 4.69) is 14.9 Å². The lowest BCUT2D eigenvalue weighted by Crippen LogP contribution is -2.15. The number of alkyl halides is 3. The molecule has 0 aliphatic heterocycles. The van der Waals surface area contributed by atoms with E-state index in [-0.39, 0.29) is 5.56 Å². The zero-order valence-corrected chi connectivity index (χ0v) is 13.4. The van der Waals surface area contributed by atoms with Gasteiger partial charge in [0, 0.05) is 0 Å². The first-order valence-electron chi connectivity index (χ1n) is 6.46. The Morgan fingerprint density at radius 1 is 1.25 bits per heavy atom. The lowest BCUT2D eigenvalue weighted by Gasteiger charge is -2.13. The number of benzene rings is 1.